The number of hydrogen-bond acceptors (Lipinski definition) is 7. The maximum atomic E-state index is 13.2. The zero-order chi connectivity index (χ0) is 22.8. The van der Waals surface area contributed by atoms with Crippen molar-refractivity contribution >= 4 is 55.4 Å². The predicted molar refractivity (Wildman–Crippen MR) is 128 cm³/mol. The van der Waals surface area contributed by atoms with Crippen LogP contribution < -0.4 is 10.6 Å². The number of amides is 2. The number of fused-ring (bicyclic) bond motifs is 3. The highest BCUT2D eigenvalue weighted by Gasteiger charge is 2.36. The number of aromatic nitrogens is 5. The highest BCUT2D eigenvalue weighted by molar-refractivity contribution is 7.16. The molecule has 166 valence electrons. The molecule has 6 heterocycles. The van der Waals surface area contributed by atoms with Crippen LogP contribution in [0.15, 0.2) is 54.4 Å². The highest BCUT2D eigenvalue weighted by atomic mass is 32.1. The monoisotopic (exact) mass is 467 g/mol. The third-order valence-corrected chi connectivity index (χ3v) is 7.23. The fourth-order valence-electron chi connectivity index (χ4n) is 4.83. The summed E-state index contributed by atoms with van der Waals surface area (Å²) in [6.07, 6.45) is 5.38. The summed E-state index contributed by atoms with van der Waals surface area (Å²) >= 11 is 1.55. The minimum absolute atomic E-state index is 0.185. The Morgan fingerprint density at radius 1 is 1.03 bits per heavy atom. The molecule has 5 aromatic rings. The molecule has 34 heavy (non-hydrogen) atoms. The molecule has 9 nitrogen and oxygen atoms in total. The number of benzene rings is 1. The number of para-hydroxylation sites is 1. The molecule has 2 amide bonds. The molecule has 7 rings (SSSR count). The number of carbonyl (C=O) groups excluding carboxylic acids is 2. The van der Waals surface area contributed by atoms with Crippen molar-refractivity contribution in [1.29, 1.82) is 0 Å². The van der Waals surface area contributed by atoms with Gasteiger partial charge in [-0.25, -0.2) is 15.0 Å². The Morgan fingerprint density at radius 3 is 2.85 bits per heavy atom. The number of rotatable bonds is 3. The van der Waals surface area contributed by atoms with Crippen LogP contribution in [0.1, 0.15) is 28.8 Å². The van der Waals surface area contributed by atoms with Crippen LogP contribution in [0.4, 0.5) is 0 Å². The summed E-state index contributed by atoms with van der Waals surface area (Å²) in [5.41, 5.74) is 3.49. The first-order valence-corrected chi connectivity index (χ1v) is 11.7. The Bertz CT molecular complexity index is 1670. The number of hydrogen-bond donors (Lipinski definition) is 3. The number of imidazole rings is 1. The van der Waals surface area contributed by atoms with Crippen molar-refractivity contribution in [3.05, 3.63) is 77.2 Å². The van der Waals surface area contributed by atoms with Gasteiger partial charge < -0.3 is 14.9 Å². The number of H-pyrrole nitrogens is 1. The van der Waals surface area contributed by atoms with Crippen molar-refractivity contribution in [2.75, 3.05) is 6.54 Å². The third kappa shape index (κ3) is 2.72. The first-order chi connectivity index (χ1) is 16.7. The molecule has 0 fully saturated rings. The molecular weight excluding hydrogens is 450 g/mol. The first kappa shape index (κ1) is 19.3. The van der Waals surface area contributed by atoms with Crippen molar-refractivity contribution < 1.29 is 9.59 Å². The van der Waals surface area contributed by atoms with Crippen LogP contribution in [-0.2, 0) is 16.1 Å². The van der Waals surface area contributed by atoms with Crippen LogP contribution in [0, 0.1) is 0 Å². The smallest absolute Gasteiger partial charge is 0.261 e. The number of thiophene rings is 1. The molecule has 0 saturated heterocycles. The topological polar surface area (TPSA) is 118 Å². The molecule has 0 radical (unpaired) electrons. The van der Waals surface area contributed by atoms with Crippen LogP contribution in [0.3, 0.4) is 0 Å². The van der Waals surface area contributed by atoms with Crippen molar-refractivity contribution in [2.24, 2.45) is 0 Å². The zero-order valence-corrected chi connectivity index (χ0v) is 18.5. The van der Waals surface area contributed by atoms with Gasteiger partial charge in [-0.05, 0) is 17.5 Å². The second-order valence-corrected chi connectivity index (χ2v) is 9.20. The molecule has 2 aliphatic heterocycles. The lowest BCUT2D eigenvalue weighted by Gasteiger charge is -2.25. The van der Waals surface area contributed by atoms with Gasteiger partial charge in [0.05, 0.1) is 34.4 Å². The lowest BCUT2D eigenvalue weighted by atomic mass is 9.97. The Kier molecular flexibility index (Phi) is 4.08. The van der Waals surface area contributed by atoms with Crippen molar-refractivity contribution in [1.82, 2.24) is 35.1 Å². The molecule has 1 atom stereocenters. The summed E-state index contributed by atoms with van der Waals surface area (Å²) in [6, 6.07) is 9.33. The van der Waals surface area contributed by atoms with Gasteiger partial charge >= 0.3 is 0 Å². The summed E-state index contributed by atoms with van der Waals surface area (Å²) in [4.78, 5) is 44.4. The van der Waals surface area contributed by atoms with E-state index in [1.165, 1.54) is 0 Å². The zero-order valence-electron chi connectivity index (χ0n) is 17.7. The van der Waals surface area contributed by atoms with E-state index < -0.39 is 11.8 Å². The molecule has 4 aromatic heterocycles. The quantitative estimate of drug-likeness (QED) is 0.351. The maximum absolute atomic E-state index is 13.2. The van der Waals surface area contributed by atoms with Crippen LogP contribution in [-0.4, -0.2) is 42.9 Å². The van der Waals surface area contributed by atoms with Gasteiger partial charge in [0.1, 0.15) is 10.9 Å². The van der Waals surface area contributed by atoms with Gasteiger partial charge in [0.15, 0.2) is 5.82 Å². The molecule has 0 bridgehead atoms. The Morgan fingerprint density at radius 2 is 1.91 bits per heavy atom. The van der Waals surface area contributed by atoms with Gasteiger partial charge in [0.2, 0.25) is 0 Å². The van der Waals surface area contributed by atoms with Gasteiger partial charge in [-0.15, -0.1) is 11.3 Å². The molecule has 1 aromatic carbocycles. The highest BCUT2D eigenvalue weighted by Crippen LogP contribution is 2.38. The van der Waals surface area contributed by atoms with Gasteiger partial charge in [0, 0.05) is 41.8 Å². The summed E-state index contributed by atoms with van der Waals surface area (Å²) < 4.78 is 2.06. The normalized spacial score (nSPS) is 18.2. The molecule has 10 heteroatoms. The minimum Gasteiger partial charge on any atom is -0.352 e. The van der Waals surface area contributed by atoms with E-state index >= 15 is 0 Å². The average molecular weight is 468 g/mol. The lowest BCUT2D eigenvalue weighted by Crippen LogP contribution is -2.34. The number of carbonyl (C=O) groups is 2. The van der Waals surface area contributed by atoms with E-state index in [1.54, 1.807) is 23.9 Å². The fourth-order valence-corrected chi connectivity index (χ4v) is 5.60. The van der Waals surface area contributed by atoms with Crippen LogP contribution in [0.5, 0.6) is 0 Å². The number of aromatic amines is 1. The van der Waals surface area contributed by atoms with Crippen molar-refractivity contribution in [3.63, 3.8) is 0 Å². The average Bonchev–Trinajstić information content (AvgIpc) is 3.62. The molecule has 0 saturated carbocycles. The lowest BCUT2D eigenvalue weighted by molar-refractivity contribution is -0.122. The Balaban J connectivity index is 1.51. The van der Waals surface area contributed by atoms with E-state index in [9.17, 15) is 9.59 Å². The van der Waals surface area contributed by atoms with Crippen LogP contribution in [0.2, 0.25) is 0 Å². The molecule has 3 N–H and O–H groups in total. The van der Waals surface area contributed by atoms with E-state index in [0.29, 0.717) is 41.3 Å². The molecule has 0 spiro atoms. The molecular formula is C24H17N7O2S. The summed E-state index contributed by atoms with van der Waals surface area (Å²) in [5, 5.41) is 9.45. The van der Waals surface area contributed by atoms with Gasteiger partial charge in [-0.2, -0.15) is 0 Å². The van der Waals surface area contributed by atoms with E-state index in [2.05, 4.69) is 25.2 Å². The van der Waals surface area contributed by atoms with E-state index in [0.717, 1.165) is 21.3 Å². The van der Waals surface area contributed by atoms with Gasteiger partial charge in [-0.1, -0.05) is 18.2 Å². The van der Waals surface area contributed by atoms with Gasteiger partial charge in [-0.3, -0.25) is 14.9 Å². The SMILES string of the molecule is O=C1NC(=O)C(c2c[nH]c3sccc23)=C1c1nc(C2CNCc3cncn32)nc2ccccc12. The van der Waals surface area contributed by atoms with E-state index in [1.807, 2.05) is 41.9 Å². The second kappa shape index (κ2) is 7.17. The van der Waals surface area contributed by atoms with Gasteiger partial charge in [0.25, 0.3) is 11.8 Å². The molecule has 1 unspecified atom stereocenters. The van der Waals surface area contributed by atoms with Crippen LogP contribution >= 0.6 is 11.3 Å². The largest absolute Gasteiger partial charge is 0.352 e. The number of nitrogens with zero attached hydrogens (tertiary/aromatic N) is 4. The summed E-state index contributed by atoms with van der Waals surface area (Å²) in [5.74, 6) is -0.314. The summed E-state index contributed by atoms with van der Waals surface area (Å²) in [6.45, 7) is 1.35. The number of nitrogens with one attached hydrogen (secondary N) is 3. The van der Waals surface area contributed by atoms with Crippen molar-refractivity contribution in [2.45, 2.75) is 12.6 Å². The van der Waals surface area contributed by atoms with E-state index in [4.69, 9.17) is 9.97 Å². The first-order valence-electron chi connectivity index (χ1n) is 10.8. The number of imide groups is 1. The van der Waals surface area contributed by atoms with Crippen LogP contribution in [0.25, 0.3) is 32.3 Å². The summed E-state index contributed by atoms with van der Waals surface area (Å²) in [7, 11) is 0. The predicted octanol–water partition coefficient (Wildman–Crippen LogP) is 2.63. The molecule has 0 aliphatic carbocycles. The Hall–Kier alpha value is -4.15. The van der Waals surface area contributed by atoms with E-state index in [-0.39, 0.29) is 11.6 Å². The fraction of sp³-hybridized carbons (Fsp3) is 0.125. The molecule has 2 aliphatic rings. The minimum atomic E-state index is -0.454. The van der Waals surface area contributed by atoms with Crippen molar-refractivity contribution in [3.8, 4) is 0 Å². The second-order valence-electron chi connectivity index (χ2n) is 8.29. The standard InChI is InChI=1S/C24H17N7O2S/c32-22-18(15-9-27-24-13(15)5-6-34-24)19(23(33)30-22)20-14-3-1-2-4-16(14)28-21(29-20)17-10-25-7-12-8-26-11-31(12)17/h1-6,8-9,11,17,25,27H,7,10H2,(H,30,32,33). The Labute approximate surface area is 196 Å². The maximum Gasteiger partial charge on any atom is 0.261 e. The third-order valence-electron chi connectivity index (χ3n) is 6.38.